The van der Waals surface area contributed by atoms with Crippen molar-refractivity contribution in [3.05, 3.63) is 87.7 Å². The molecule has 1 aromatic heterocycles. The van der Waals surface area contributed by atoms with Crippen molar-refractivity contribution in [1.82, 2.24) is 14.8 Å². The van der Waals surface area contributed by atoms with Gasteiger partial charge in [-0.15, -0.1) is 0 Å². The van der Waals surface area contributed by atoms with Crippen LogP contribution in [0.15, 0.2) is 54.7 Å². The minimum Gasteiger partial charge on any atom is -0.338 e. The molecular weight excluding hydrogens is 579 g/mol. The third-order valence-electron chi connectivity index (χ3n) is 8.44. The Morgan fingerprint density at radius 1 is 0.977 bits per heavy atom. The van der Waals surface area contributed by atoms with Gasteiger partial charge in [-0.05, 0) is 99.2 Å². The van der Waals surface area contributed by atoms with Gasteiger partial charge in [0, 0.05) is 55.3 Å². The average molecular weight is 614 g/mol. The summed E-state index contributed by atoms with van der Waals surface area (Å²) < 4.78 is 38.9. The zero-order valence-corrected chi connectivity index (χ0v) is 25.2. The molecule has 5 rings (SSSR count). The van der Waals surface area contributed by atoms with E-state index in [-0.39, 0.29) is 11.6 Å². The lowest BCUT2D eigenvalue weighted by atomic mass is 10.0. The molecule has 3 amide bonds. The summed E-state index contributed by atoms with van der Waals surface area (Å²) in [7, 11) is 0. The second-order valence-corrected chi connectivity index (χ2v) is 11.9. The molecule has 1 N–H and O–H groups in total. The maximum atomic E-state index is 13.3. The van der Waals surface area contributed by atoms with Crippen LogP contribution >= 0.6 is 11.6 Å². The molecule has 11 heteroatoms. The van der Waals surface area contributed by atoms with Crippen LogP contribution < -0.4 is 10.2 Å². The largest absolute Gasteiger partial charge is 0.416 e. The van der Waals surface area contributed by atoms with Crippen molar-refractivity contribution < 1.29 is 22.8 Å². The summed E-state index contributed by atoms with van der Waals surface area (Å²) in [6.07, 6.45) is -2.04. The van der Waals surface area contributed by atoms with Crippen LogP contribution in [0, 0.1) is 32.6 Å². The zero-order valence-electron chi connectivity index (χ0n) is 24.4. The molecule has 3 aromatic rings. The molecule has 0 aliphatic carbocycles. The van der Waals surface area contributed by atoms with Crippen LogP contribution in [0.5, 0.6) is 0 Å². The van der Waals surface area contributed by atoms with Gasteiger partial charge in [-0.1, -0.05) is 17.7 Å². The number of pyridine rings is 1. The molecule has 2 atom stereocenters. The van der Waals surface area contributed by atoms with Gasteiger partial charge in [-0.3, -0.25) is 14.7 Å². The number of halogens is 4. The summed E-state index contributed by atoms with van der Waals surface area (Å²) in [5.41, 5.74) is 3.36. The molecule has 2 saturated heterocycles. The average Bonchev–Trinajstić information content (AvgIpc) is 3.51. The number of fused-ring (bicyclic) bond motifs is 1. The van der Waals surface area contributed by atoms with Crippen LogP contribution in [0.25, 0.3) is 0 Å². The van der Waals surface area contributed by atoms with Crippen molar-refractivity contribution in [2.24, 2.45) is 11.8 Å². The van der Waals surface area contributed by atoms with Crippen LogP contribution in [-0.2, 0) is 6.18 Å². The fraction of sp³-hybridized carbons (Fsp3) is 0.406. The summed E-state index contributed by atoms with van der Waals surface area (Å²) in [6, 6.07) is 11.2. The Kier molecular flexibility index (Phi) is 8.99. The fourth-order valence-corrected chi connectivity index (χ4v) is 6.27. The number of hydrogen-bond acceptors (Lipinski definition) is 4. The zero-order chi connectivity index (χ0) is 30.9. The number of nitrogens with one attached hydrogen (secondary N) is 1. The monoisotopic (exact) mass is 613 g/mol. The van der Waals surface area contributed by atoms with E-state index < -0.39 is 17.8 Å². The van der Waals surface area contributed by atoms with Crippen molar-refractivity contribution in [2.75, 3.05) is 49.5 Å². The second kappa shape index (κ2) is 12.5. The predicted octanol–water partition coefficient (Wildman–Crippen LogP) is 6.81. The molecule has 0 saturated carbocycles. The summed E-state index contributed by atoms with van der Waals surface area (Å²) in [4.78, 5) is 36.8. The van der Waals surface area contributed by atoms with Gasteiger partial charge >= 0.3 is 12.2 Å². The molecule has 3 heterocycles. The summed E-state index contributed by atoms with van der Waals surface area (Å²) in [6.45, 7) is 10.1. The summed E-state index contributed by atoms with van der Waals surface area (Å²) in [5, 5.41) is 3.24. The number of likely N-dealkylation sites (tertiary alicyclic amines) is 2. The molecule has 0 bridgehead atoms. The number of nitrogens with zero attached hydrogens (tertiary/aromatic N) is 4. The van der Waals surface area contributed by atoms with E-state index in [9.17, 15) is 22.8 Å². The summed E-state index contributed by atoms with van der Waals surface area (Å²) >= 11 is 6.36. The predicted molar refractivity (Wildman–Crippen MR) is 162 cm³/mol. The smallest absolute Gasteiger partial charge is 0.338 e. The van der Waals surface area contributed by atoms with E-state index >= 15 is 0 Å². The first kappa shape index (κ1) is 30.8. The number of amides is 3. The van der Waals surface area contributed by atoms with Gasteiger partial charge in [0.1, 0.15) is 0 Å². The lowest BCUT2D eigenvalue weighted by Crippen LogP contribution is -2.38. The topological polar surface area (TPSA) is 68.8 Å². The van der Waals surface area contributed by atoms with Crippen LogP contribution in [0.2, 0.25) is 5.02 Å². The minimum absolute atomic E-state index is 0.0514. The molecule has 2 aromatic carbocycles. The Labute approximate surface area is 254 Å². The highest BCUT2D eigenvalue weighted by Gasteiger charge is 2.42. The molecule has 0 spiro atoms. The van der Waals surface area contributed by atoms with Crippen LogP contribution in [0.4, 0.5) is 29.3 Å². The van der Waals surface area contributed by atoms with E-state index in [1.165, 1.54) is 12.1 Å². The van der Waals surface area contributed by atoms with E-state index in [1.54, 1.807) is 17.2 Å². The first-order valence-electron chi connectivity index (χ1n) is 14.4. The van der Waals surface area contributed by atoms with Gasteiger partial charge in [0.15, 0.2) is 0 Å². The molecule has 2 fully saturated rings. The maximum Gasteiger partial charge on any atom is 0.416 e. The minimum atomic E-state index is -4.45. The lowest BCUT2D eigenvalue weighted by molar-refractivity contribution is -0.137. The Balaban J connectivity index is 1.19. The van der Waals surface area contributed by atoms with Crippen LogP contribution in [0.3, 0.4) is 0 Å². The van der Waals surface area contributed by atoms with E-state index in [2.05, 4.69) is 15.2 Å². The highest BCUT2D eigenvalue weighted by Crippen LogP contribution is 2.33. The Hall–Kier alpha value is -3.63. The Morgan fingerprint density at radius 3 is 2.26 bits per heavy atom. The molecule has 2 aliphatic heterocycles. The Morgan fingerprint density at radius 2 is 1.65 bits per heavy atom. The number of carbonyl (C=O) groups excluding carboxylic acids is 2. The van der Waals surface area contributed by atoms with E-state index in [4.69, 9.17) is 11.6 Å². The van der Waals surface area contributed by atoms with Crippen molar-refractivity contribution in [3.63, 3.8) is 0 Å². The highest BCUT2D eigenvalue weighted by molar-refractivity contribution is 6.31. The van der Waals surface area contributed by atoms with Gasteiger partial charge in [0.2, 0.25) is 0 Å². The van der Waals surface area contributed by atoms with Gasteiger partial charge < -0.3 is 15.1 Å². The van der Waals surface area contributed by atoms with Gasteiger partial charge in [-0.2, -0.15) is 13.2 Å². The standard InChI is InChI=1S/C32H35ClF3N5O2/c1-20-5-10-27(15-28(20)33)41(31(43)38-26-8-6-25(7-9-26)32(34,35)36)14-4-13-39-16-23-18-40(19-24(23)17-39)30(42)29-21(2)11-12-37-22(29)3/h5-12,15,23-24H,4,13-14,16-19H2,1-3H3,(H,38,43). The fourth-order valence-electron chi connectivity index (χ4n) is 6.10. The quantitative estimate of drug-likeness (QED) is 0.318. The number of urea groups is 1. The first-order chi connectivity index (χ1) is 20.4. The molecule has 228 valence electrons. The third kappa shape index (κ3) is 6.96. The normalized spacial score (nSPS) is 18.5. The number of hydrogen-bond donors (Lipinski definition) is 1. The maximum absolute atomic E-state index is 13.3. The van der Waals surface area contributed by atoms with Gasteiger partial charge in [0.05, 0.1) is 16.8 Å². The van der Waals surface area contributed by atoms with Crippen molar-refractivity contribution in [3.8, 4) is 0 Å². The van der Waals surface area contributed by atoms with Crippen molar-refractivity contribution >= 4 is 34.9 Å². The number of aromatic nitrogens is 1. The molecular formula is C32H35ClF3N5O2. The first-order valence-corrected chi connectivity index (χ1v) is 14.7. The highest BCUT2D eigenvalue weighted by atomic mass is 35.5. The molecule has 2 unspecified atom stereocenters. The molecule has 43 heavy (non-hydrogen) atoms. The summed E-state index contributed by atoms with van der Waals surface area (Å²) in [5.74, 6) is 0.850. The molecule has 2 aliphatic rings. The molecule has 0 radical (unpaired) electrons. The molecule has 7 nitrogen and oxygen atoms in total. The Bertz CT molecular complexity index is 1460. The third-order valence-corrected chi connectivity index (χ3v) is 8.85. The van der Waals surface area contributed by atoms with Crippen molar-refractivity contribution in [1.29, 1.82) is 0 Å². The van der Waals surface area contributed by atoms with Gasteiger partial charge in [0.25, 0.3) is 5.91 Å². The van der Waals surface area contributed by atoms with Gasteiger partial charge in [-0.25, -0.2) is 4.79 Å². The van der Waals surface area contributed by atoms with E-state index in [0.29, 0.717) is 41.1 Å². The van der Waals surface area contributed by atoms with Crippen molar-refractivity contribution in [2.45, 2.75) is 33.4 Å². The number of benzene rings is 2. The number of rotatable bonds is 7. The number of anilines is 2. The lowest BCUT2D eigenvalue weighted by Gasteiger charge is -2.26. The second-order valence-electron chi connectivity index (χ2n) is 11.5. The number of aryl methyl sites for hydroxylation is 3. The number of carbonyl (C=O) groups is 2. The van der Waals surface area contributed by atoms with E-state index in [0.717, 1.165) is 61.7 Å². The van der Waals surface area contributed by atoms with Crippen LogP contribution in [-0.4, -0.2) is 66.0 Å². The number of alkyl halides is 3. The van der Waals surface area contributed by atoms with Crippen LogP contribution in [0.1, 0.15) is 39.2 Å². The SMILES string of the molecule is Cc1ccc(N(CCCN2CC3CN(C(=O)c4c(C)ccnc4C)CC3C2)C(=O)Nc2ccc(C(F)(F)F)cc2)cc1Cl. The van der Waals surface area contributed by atoms with E-state index in [1.807, 2.05) is 43.9 Å².